The van der Waals surface area contributed by atoms with Gasteiger partial charge in [0.25, 0.3) is 11.8 Å². The number of hydrogen-bond acceptors (Lipinski definition) is 4. The quantitative estimate of drug-likeness (QED) is 0.703. The van der Waals surface area contributed by atoms with Gasteiger partial charge < -0.3 is 4.74 Å². The lowest BCUT2D eigenvalue weighted by Crippen LogP contribution is -2.36. The maximum atomic E-state index is 12.4. The van der Waals surface area contributed by atoms with E-state index in [0.717, 1.165) is 5.56 Å². The number of hydrogen-bond donors (Lipinski definition) is 0. The minimum absolute atomic E-state index is 0.0430. The minimum atomic E-state index is -0.876. The molecule has 0 unspecified atom stereocenters. The van der Waals surface area contributed by atoms with Crippen LogP contribution in [0.25, 0.3) is 0 Å². The number of carbonyl (C=O) groups is 3. The molecule has 0 N–H and O–H groups in total. The molecule has 3 rings (SSSR count). The van der Waals surface area contributed by atoms with Crippen molar-refractivity contribution in [3.05, 3.63) is 65.2 Å². The number of amides is 2. The van der Waals surface area contributed by atoms with Gasteiger partial charge in [-0.3, -0.25) is 19.3 Å². The van der Waals surface area contributed by atoms with E-state index in [4.69, 9.17) is 4.74 Å². The average Bonchev–Trinajstić information content (AvgIpc) is 2.87. The van der Waals surface area contributed by atoms with Gasteiger partial charge in [0.1, 0.15) is 5.75 Å². The highest BCUT2D eigenvalue weighted by Gasteiger charge is 2.34. The lowest BCUT2D eigenvalue weighted by atomic mass is 10.0. The van der Waals surface area contributed by atoms with Gasteiger partial charge in [-0.25, -0.2) is 0 Å². The molecular formula is C22H23NO4. The first-order valence-corrected chi connectivity index (χ1v) is 9.04. The minimum Gasteiger partial charge on any atom is -0.480 e. The molecule has 0 fully saturated rings. The van der Waals surface area contributed by atoms with Gasteiger partial charge in [0.2, 0.25) is 0 Å². The third-order valence-electron chi connectivity index (χ3n) is 4.84. The van der Waals surface area contributed by atoms with Crippen LogP contribution in [0.3, 0.4) is 0 Å². The van der Waals surface area contributed by atoms with Crippen molar-refractivity contribution < 1.29 is 19.1 Å². The number of ketones is 1. The molecular weight excluding hydrogens is 342 g/mol. The Morgan fingerprint density at radius 3 is 2.22 bits per heavy atom. The summed E-state index contributed by atoms with van der Waals surface area (Å²) in [5.74, 6) is 0.138. The fraction of sp³-hybridized carbons (Fsp3) is 0.318. The van der Waals surface area contributed by atoms with E-state index in [1.54, 1.807) is 38.1 Å². The summed E-state index contributed by atoms with van der Waals surface area (Å²) in [6.07, 6.45) is 1.36. The van der Waals surface area contributed by atoms with Gasteiger partial charge in [-0.05, 0) is 63.4 Å². The van der Waals surface area contributed by atoms with Crippen LogP contribution in [0.4, 0.5) is 0 Å². The molecule has 5 heteroatoms. The topological polar surface area (TPSA) is 63.7 Å². The number of aryl methyl sites for hydroxylation is 1. The van der Waals surface area contributed by atoms with E-state index in [1.807, 2.05) is 24.3 Å². The Morgan fingerprint density at radius 2 is 1.63 bits per heavy atom. The van der Waals surface area contributed by atoms with E-state index in [1.165, 1.54) is 11.8 Å². The van der Waals surface area contributed by atoms with E-state index in [2.05, 4.69) is 0 Å². The van der Waals surface area contributed by atoms with Crippen LogP contribution in [0, 0.1) is 0 Å². The van der Waals surface area contributed by atoms with Crippen LogP contribution in [0.1, 0.15) is 53.5 Å². The van der Waals surface area contributed by atoms with Gasteiger partial charge >= 0.3 is 0 Å². The maximum Gasteiger partial charge on any atom is 0.261 e. The summed E-state index contributed by atoms with van der Waals surface area (Å²) in [7, 11) is 0. The second kappa shape index (κ2) is 7.35. The molecule has 0 atom stereocenters. The Bertz CT molecular complexity index is 866. The van der Waals surface area contributed by atoms with Crippen LogP contribution in [0.2, 0.25) is 0 Å². The van der Waals surface area contributed by atoms with Gasteiger partial charge in [-0.1, -0.05) is 24.3 Å². The van der Waals surface area contributed by atoms with Crippen molar-refractivity contribution >= 4 is 17.6 Å². The van der Waals surface area contributed by atoms with Crippen molar-refractivity contribution in [1.29, 1.82) is 0 Å². The van der Waals surface area contributed by atoms with Crippen molar-refractivity contribution in [3.8, 4) is 5.75 Å². The Kier molecular flexibility index (Phi) is 5.13. The van der Waals surface area contributed by atoms with E-state index >= 15 is 0 Å². The number of rotatable bonds is 7. The summed E-state index contributed by atoms with van der Waals surface area (Å²) in [6, 6.07) is 14.5. The fourth-order valence-corrected chi connectivity index (χ4v) is 3.01. The van der Waals surface area contributed by atoms with Gasteiger partial charge in [-0.15, -0.1) is 0 Å². The maximum absolute atomic E-state index is 12.4. The molecule has 0 aliphatic carbocycles. The van der Waals surface area contributed by atoms with Crippen LogP contribution in [-0.4, -0.2) is 34.6 Å². The Labute approximate surface area is 158 Å². The van der Waals surface area contributed by atoms with Crippen LogP contribution in [0.15, 0.2) is 48.5 Å². The fourth-order valence-electron chi connectivity index (χ4n) is 3.01. The molecule has 1 heterocycles. The van der Waals surface area contributed by atoms with Crippen LogP contribution in [0.5, 0.6) is 5.75 Å². The molecule has 0 saturated heterocycles. The zero-order chi connectivity index (χ0) is 19.6. The lowest BCUT2D eigenvalue weighted by Gasteiger charge is -2.23. The molecule has 27 heavy (non-hydrogen) atoms. The number of ether oxygens (including phenoxy) is 1. The van der Waals surface area contributed by atoms with Crippen molar-refractivity contribution in [1.82, 2.24) is 4.90 Å². The first-order valence-electron chi connectivity index (χ1n) is 9.04. The normalized spacial score (nSPS) is 13.7. The molecule has 0 saturated carbocycles. The zero-order valence-electron chi connectivity index (χ0n) is 15.8. The predicted octanol–water partition coefficient (Wildman–Crippen LogP) is 3.66. The first-order chi connectivity index (χ1) is 12.8. The second-order valence-corrected chi connectivity index (χ2v) is 7.23. The van der Waals surface area contributed by atoms with E-state index < -0.39 is 5.60 Å². The Balaban J connectivity index is 1.60. The largest absolute Gasteiger partial charge is 0.480 e. The van der Waals surface area contributed by atoms with E-state index in [0.29, 0.717) is 36.3 Å². The highest BCUT2D eigenvalue weighted by molar-refractivity contribution is 6.21. The number of carbonyl (C=O) groups excluding carboxylic acids is 3. The second-order valence-electron chi connectivity index (χ2n) is 7.23. The van der Waals surface area contributed by atoms with E-state index in [9.17, 15) is 14.4 Å². The van der Waals surface area contributed by atoms with Gasteiger partial charge in [0.05, 0.1) is 11.1 Å². The highest BCUT2D eigenvalue weighted by atomic mass is 16.5. The van der Waals surface area contributed by atoms with E-state index in [-0.39, 0.29) is 17.6 Å². The highest BCUT2D eigenvalue weighted by Crippen LogP contribution is 2.24. The van der Waals surface area contributed by atoms with Crippen molar-refractivity contribution in [2.24, 2.45) is 0 Å². The summed E-state index contributed by atoms with van der Waals surface area (Å²) in [6.45, 7) is 5.36. The SMILES string of the molecule is CC(=O)C(C)(C)Oc1cccc(CCCN2C(=O)c3ccccc3C2=O)c1. The molecule has 5 nitrogen and oxygen atoms in total. The average molecular weight is 365 g/mol. The molecule has 1 aliphatic heterocycles. The standard InChI is InChI=1S/C22H23NO4/c1-15(24)22(2,3)27-17-10-6-8-16(14-17)9-7-13-23-20(25)18-11-4-5-12-19(18)21(23)26/h4-6,8,10-12,14H,7,9,13H2,1-3H3. The number of fused-ring (bicyclic) bond motifs is 1. The molecule has 2 aromatic carbocycles. The number of benzene rings is 2. The van der Waals surface area contributed by atoms with Crippen LogP contribution in [-0.2, 0) is 11.2 Å². The van der Waals surface area contributed by atoms with Gasteiger partial charge in [0, 0.05) is 6.54 Å². The molecule has 140 valence electrons. The number of nitrogens with zero attached hydrogens (tertiary/aromatic N) is 1. The summed E-state index contributed by atoms with van der Waals surface area (Å²) in [4.78, 5) is 37.7. The zero-order valence-corrected chi connectivity index (χ0v) is 15.8. The third kappa shape index (κ3) is 3.92. The van der Waals surface area contributed by atoms with Crippen LogP contribution >= 0.6 is 0 Å². The monoisotopic (exact) mass is 365 g/mol. The predicted molar refractivity (Wildman–Crippen MR) is 102 cm³/mol. The summed E-state index contributed by atoms with van der Waals surface area (Å²) in [5, 5.41) is 0. The number of imide groups is 1. The van der Waals surface area contributed by atoms with Gasteiger partial charge in [-0.2, -0.15) is 0 Å². The molecule has 0 bridgehead atoms. The molecule has 2 aromatic rings. The Morgan fingerprint density at radius 1 is 1.00 bits per heavy atom. The molecule has 0 radical (unpaired) electrons. The molecule has 1 aliphatic rings. The van der Waals surface area contributed by atoms with Crippen molar-refractivity contribution in [2.75, 3.05) is 6.54 Å². The first kappa shape index (κ1) is 18.8. The molecule has 0 spiro atoms. The molecule has 0 aromatic heterocycles. The van der Waals surface area contributed by atoms with Crippen molar-refractivity contribution in [3.63, 3.8) is 0 Å². The smallest absolute Gasteiger partial charge is 0.261 e. The molecule has 2 amide bonds. The van der Waals surface area contributed by atoms with Crippen molar-refractivity contribution in [2.45, 2.75) is 39.2 Å². The third-order valence-corrected chi connectivity index (χ3v) is 4.84. The number of Topliss-reactive ketones (excluding diaryl/α,β-unsaturated/α-hetero) is 1. The van der Waals surface area contributed by atoms with Gasteiger partial charge in [0.15, 0.2) is 11.4 Å². The Hall–Kier alpha value is -2.95. The lowest BCUT2D eigenvalue weighted by molar-refractivity contribution is -0.129. The summed E-state index contributed by atoms with van der Waals surface area (Å²) >= 11 is 0. The van der Waals surface area contributed by atoms with Crippen LogP contribution < -0.4 is 4.74 Å². The summed E-state index contributed by atoms with van der Waals surface area (Å²) in [5.41, 5.74) is 1.11. The summed E-state index contributed by atoms with van der Waals surface area (Å²) < 4.78 is 5.79.